The third-order valence-electron chi connectivity index (χ3n) is 15.7. The number of ketones is 3. The maximum atomic E-state index is 17.8. The van der Waals surface area contributed by atoms with Crippen LogP contribution in [0.2, 0.25) is 0 Å². The molecule has 2 aliphatic heterocycles. The second-order valence-electron chi connectivity index (χ2n) is 19.7. The number of ether oxygens (including phenoxy) is 3. The van der Waals surface area contributed by atoms with Crippen LogP contribution in [0.1, 0.15) is 88.3 Å². The number of imide groups is 1. The molecular weight excluding hydrogens is 867 g/mol. The minimum absolute atomic E-state index is 0.0303. The number of nitrogens with zero attached hydrogens (tertiary/aromatic N) is 1. The highest BCUT2D eigenvalue weighted by Crippen LogP contribution is 2.72. The molecule has 8 rings (SSSR count). The topological polar surface area (TPSA) is 186 Å². The first-order valence-corrected chi connectivity index (χ1v) is 22.9. The fraction of sp³-hybridized carbons (Fsp3) is 0.500. The van der Waals surface area contributed by atoms with Crippen LogP contribution in [0.15, 0.2) is 90.6 Å². The van der Waals surface area contributed by atoms with Gasteiger partial charge < -0.3 is 29.7 Å². The minimum atomic E-state index is -2.24. The van der Waals surface area contributed by atoms with Gasteiger partial charge in [0.2, 0.25) is 5.91 Å². The normalized spacial score (nSPS) is 33.6. The molecule has 2 aromatic rings. The maximum Gasteiger partial charge on any atom is 0.253 e. The predicted octanol–water partition coefficient (Wildman–Crippen LogP) is 5.44. The Morgan fingerprint density at radius 2 is 1.69 bits per heavy atom. The van der Waals surface area contributed by atoms with Gasteiger partial charge in [-0.05, 0) is 73.8 Å². The van der Waals surface area contributed by atoms with E-state index in [1.54, 1.807) is 52.0 Å². The van der Waals surface area contributed by atoms with Crippen molar-refractivity contribution < 1.29 is 62.0 Å². The zero-order valence-electron chi connectivity index (χ0n) is 38.4. The van der Waals surface area contributed by atoms with Crippen LogP contribution in [0.3, 0.4) is 0 Å². The molecule has 0 radical (unpaired) electrons. The van der Waals surface area contributed by atoms with Crippen LogP contribution >= 0.6 is 0 Å². The molecule has 13 nitrogen and oxygen atoms in total. The predicted molar refractivity (Wildman–Crippen MR) is 239 cm³/mol. The Morgan fingerprint density at radius 3 is 2.36 bits per heavy atom. The number of rotatable bonds is 16. The van der Waals surface area contributed by atoms with E-state index in [-0.39, 0.29) is 62.2 Å². The van der Waals surface area contributed by atoms with Crippen molar-refractivity contribution in [2.45, 2.75) is 115 Å². The van der Waals surface area contributed by atoms with Crippen molar-refractivity contribution in [3.63, 3.8) is 0 Å². The van der Waals surface area contributed by atoms with Gasteiger partial charge >= 0.3 is 0 Å². The molecule has 2 aromatic carbocycles. The van der Waals surface area contributed by atoms with E-state index in [1.807, 2.05) is 36.4 Å². The first kappa shape index (κ1) is 48.0. The number of aliphatic hydroxyl groups excluding tert-OH is 2. The van der Waals surface area contributed by atoms with Crippen molar-refractivity contribution in [1.82, 2.24) is 10.2 Å². The second-order valence-corrected chi connectivity index (χ2v) is 19.7. The van der Waals surface area contributed by atoms with Crippen molar-refractivity contribution in [3.8, 4) is 5.75 Å². The summed E-state index contributed by atoms with van der Waals surface area (Å²) in [4.78, 5) is 77.1. The summed E-state index contributed by atoms with van der Waals surface area (Å²) in [5.74, 6) is -4.47. The standard InChI is InChI=1S/C52H58F2N2O11/c1-28-15-17-49(4)38(19-28)39(53)24-37-36-25-44-52(43(61)27-57,50(36,5)26-42(60)51(37,49)54)67-48(66-44)33-10-7-31(8-11-33)21-32-9-12-34(41(22-32)65-6)23-40(59)30(3)55-47(64)29(2)20-35(58)16-18-56-45(62)13-14-46(56)63/h7-15,17,19,22,29-30,36-37,39,42,44,48,57,60H,1,16,18,20-21,23-27H2,2-6H3,(H,55,64)/t29-,30+,36+,37+,39+,42+,44-,48-,49+,50+,51+,52-/m1/s1. The third-order valence-corrected chi connectivity index (χ3v) is 15.7. The number of methoxy groups -OCH3 is 1. The average molecular weight is 925 g/mol. The van der Waals surface area contributed by atoms with Gasteiger partial charge in [-0.2, -0.15) is 0 Å². The van der Waals surface area contributed by atoms with Gasteiger partial charge in [0.15, 0.2) is 29.1 Å². The van der Waals surface area contributed by atoms with Gasteiger partial charge in [0, 0.05) is 71.8 Å². The smallest absolute Gasteiger partial charge is 0.253 e. The Kier molecular flexibility index (Phi) is 12.8. The first-order valence-electron chi connectivity index (χ1n) is 22.9. The lowest BCUT2D eigenvalue weighted by atomic mass is 9.44. The molecule has 4 aliphatic carbocycles. The van der Waals surface area contributed by atoms with Crippen molar-refractivity contribution in [1.29, 1.82) is 0 Å². The summed E-state index contributed by atoms with van der Waals surface area (Å²) in [5.41, 5.74) is -2.78. The zero-order valence-corrected chi connectivity index (χ0v) is 38.4. The summed E-state index contributed by atoms with van der Waals surface area (Å²) in [6.07, 6.45) is 2.22. The molecule has 0 aromatic heterocycles. The van der Waals surface area contributed by atoms with Crippen molar-refractivity contribution in [2.24, 2.45) is 28.6 Å². The Hall–Kier alpha value is -5.48. The monoisotopic (exact) mass is 924 g/mol. The van der Waals surface area contributed by atoms with Crippen LogP contribution in [-0.2, 0) is 51.1 Å². The van der Waals surface area contributed by atoms with Crippen molar-refractivity contribution in [3.05, 3.63) is 113 Å². The molecule has 0 unspecified atom stereocenters. The largest absolute Gasteiger partial charge is 0.496 e. The molecule has 1 saturated heterocycles. The van der Waals surface area contributed by atoms with Gasteiger partial charge in [-0.25, -0.2) is 8.78 Å². The molecule has 4 fully saturated rings. The molecule has 6 aliphatic rings. The molecule has 3 N–H and O–H groups in total. The lowest BCUT2D eigenvalue weighted by Crippen LogP contribution is -2.70. The molecule has 15 heteroatoms. The van der Waals surface area contributed by atoms with E-state index >= 15 is 8.78 Å². The van der Waals surface area contributed by atoms with Crippen LogP contribution in [0, 0.1) is 28.6 Å². The molecular formula is C52H58F2N2O11. The summed E-state index contributed by atoms with van der Waals surface area (Å²) >= 11 is 0. The van der Waals surface area contributed by atoms with Gasteiger partial charge in [-0.3, -0.25) is 33.7 Å². The highest BCUT2D eigenvalue weighted by atomic mass is 19.1. The number of allylic oxidation sites excluding steroid dienone is 5. The third kappa shape index (κ3) is 7.94. The summed E-state index contributed by atoms with van der Waals surface area (Å²) in [7, 11) is 1.50. The van der Waals surface area contributed by atoms with Crippen molar-refractivity contribution >= 4 is 35.1 Å². The number of amides is 3. The number of carbonyl (C=O) groups excluding carboxylic acids is 6. The number of carbonyl (C=O) groups is 6. The number of halogens is 2. The lowest BCUT2D eigenvalue weighted by Gasteiger charge is -2.63. The molecule has 12 atom stereocenters. The van der Waals surface area contributed by atoms with E-state index in [2.05, 4.69) is 11.9 Å². The minimum Gasteiger partial charge on any atom is -0.496 e. The fourth-order valence-corrected chi connectivity index (χ4v) is 12.1. The number of Topliss-reactive ketones (excluding diaryl/α,β-unsaturated/α-hetero) is 3. The highest BCUT2D eigenvalue weighted by molar-refractivity contribution is 6.13. The van der Waals surface area contributed by atoms with Gasteiger partial charge in [0.25, 0.3) is 11.8 Å². The maximum absolute atomic E-state index is 17.8. The summed E-state index contributed by atoms with van der Waals surface area (Å²) in [6.45, 7) is 9.52. The Labute approximate surface area is 388 Å². The van der Waals surface area contributed by atoms with E-state index in [4.69, 9.17) is 14.2 Å². The van der Waals surface area contributed by atoms with Crippen LogP contribution in [0.4, 0.5) is 8.78 Å². The molecule has 3 amide bonds. The fourth-order valence-electron chi connectivity index (χ4n) is 12.1. The molecule has 2 heterocycles. The Morgan fingerprint density at radius 1 is 1.00 bits per heavy atom. The molecule has 356 valence electrons. The Balaban J connectivity index is 0.892. The number of fused-ring (bicyclic) bond motifs is 7. The van der Waals surface area contributed by atoms with Gasteiger partial charge in [0.05, 0.1) is 25.4 Å². The molecule has 0 bridgehead atoms. The van der Waals surface area contributed by atoms with Gasteiger partial charge in [0.1, 0.15) is 24.3 Å². The number of alkyl halides is 2. The number of nitrogens with one attached hydrogen (secondary N) is 1. The van der Waals surface area contributed by atoms with E-state index < -0.39 is 101 Å². The quantitative estimate of drug-likeness (QED) is 0.182. The molecule has 3 saturated carbocycles. The Bertz CT molecular complexity index is 2480. The number of hydrogen-bond donors (Lipinski definition) is 3. The lowest BCUT2D eigenvalue weighted by molar-refractivity contribution is -0.235. The number of aliphatic hydroxyl groups is 2. The first-order chi connectivity index (χ1) is 31.7. The van der Waals surface area contributed by atoms with Gasteiger partial charge in [-0.1, -0.05) is 75.1 Å². The van der Waals surface area contributed by atoms with E-state index in [1.165, 1.54) is 7.11 Å². The van der Waals surface area contributed by atoms with E-state index in [9.17, 15) is 39.0 Å². The second kappa shape index (κ2) is 17.9. The van der Waals surface area contributed by atoms with Crippen LogP contribution in [0.25, 0.3) is 0 Å². The van der Waals surface area contributed by atoms with E-state index in [0.717, 1.165) is 28.2 Å². The SMILES string of the molecule is C=C1C=C[C@@]2(C)C(=C1)[C@@H](F)C[C@H]1[C@@H]3C[C@H]4O[C@@H](c5ccc(Cc6ccc(CC(=O)[C@H](C)NC(=O)[C@H](C)CC(=O)CCN7C(=O)C=CC7=O)c(OC)c6)cc5)O[C@@]4(C(=O)CO)[C@@]3(C)C[C@H](O)[C@@]12F. The number of hydrogen-bond acceptors (Lipinski definition) is 11. The molecule has 67 heavy (non-hydrogen) atoms. The van der Waals surface area contributed by atoms with E-state index in [0.29, 0.717) is 28.9 Å². The number of benzene rings is 2. The summed E-state index contributed by atoms with van der Waals surface area (Å²) < 4.78 is 52.8. The molecule has 0 spiro atoms. The van der Waals surface area contributed by atoms with Crippen LogP contribution < -0.4 is 10.1 Å². The zero-order chi connectivity index (χ0) is 48.4. The van der Waals surface area contributed by atoms with Crippen molar-refractivity contribution in [2.75, 3.05) is 20.3 Å². The summed E-state index contributed by atoms with van der Waals surface area (Å²) in [5, 5.41) is 24.9. The van der Waals surface area contributed by atoms with Crippen LogP contribution in [0.5, 0.6) is 5.75 Å². The van der Waals surface area contributed by atoms with Gasteiger partial charge in [-0.15, -0.1) is 0 Å². The summed E-state index contributed by atoms with van der Waals surface area (Å²) in [6, 6.07) is 12.1. The highest BCUT2D eigenvalue weighted by Gasteiger charge is 2.80. The average Bonchev–Trinajstić information content (AvgIpc) is 3.92. The van der Waals surface area contributed by atoms with Crippen LogP contribution in [-0.4, -0.2) is 106 Å².